The van der Waals surface area contributed by atoms with Crippen LogP contribution >= 0.6 is 0 Å². The van der Waals surface area contributed by atoms with Crippen LogP contribution in [0.3, 0.4) is 0 Å². The van der Waals surface area contributed by atoms with Crippen LogP contribution in [-0.4, -0.2) is 65.5 Å². The lowest BCUT2D eigenvalue weighted by Gasteiger charge is -2.29. The molecule has 0 atom stereocenters. The van der Waals surface area contributed by atoms with Gasteiger partial charge in [0.25, 0.3) is 0 Å². The maximum Gasteiger partial charge on any atom is 0.410 e. The standard InChI is InChI=1S/C15H24N4O4S/c1-15(2,3)23-14(20)18-9-6-12(7-10-18)13-16-8-11-19(13)24(21,22)17(4)5/h6,8,11H,7,9-10H2,1-5H3. The molecule has 0 N–H and O–H groups in total. The summed E-state index contributed by atoms with van der Waals surface area (Å²) in [6, 6.07) is 0. The van der Waals surface area contributed by atoms with E-state index < -0.39 is 15.8 Å². The number of hydrogen-bond acceptors (Lipinski definition) is 5. The number of nitrogens with zero attached hydrogens (tertiary/aromatic N) is 4. The summed E-state index contributed by atoms with van der Waals surface area (Å²) in [6.07, 6.45) is 4.84. The van der Waals surface area contributed by atoms with Gasteiger partial charge in [-0.3, -0.25) is 0 Å². The zero-order valence-corrected chi connectivity index (χ0v) is 15.5. The van der Waals surface area contributed by atoms with Crippen LogP contribution in [-0.2, 0) is 14.9 Å². The fraction of sp³-hybridized carbons (Fsp3) is 0.600. The molecule has 1 aliphatic rings. The summed E-state index contributed by atoms with van der Waals surface area (Å²) in [5, 5.41) is 0. The Morgan fingerprint density at radius 3 is 2.50 bits per heavy atom. The Balaban J connectivity index is 2.18. The molecule has 0 unspecified atom stereocenters. The van der Waals surface area contributed by atoms with Crippen molar-refractivity contribution in [3.05, 3.63) is 24.3 Å². The molecule has 2 rings (SSSR count). The monoisotopic (exact) mass is 356 g/mol. The number of aromatic nitrogens is 2. The molecule has 134 valence electrons. The summed E-state index contributed by atoms with van der Waals surface area (Å²) in [7, 11) is -0.684. The smallest absolute Gasteiger partial charge is 0.410 e. The van der Waals surface area contributed by atoms with E-state index in [1.54, 1.807) is 4.90 Å². The van der Waals surface area contributed by atoms with Crippen LogP contribution in [0, 0.1) is 0 Å². The molecular weight excluding hydrogens is 332 g/mol. The van der Waals surface area contributed by atoms with Crippen LogP contribution in [0.2, 0.25) is 0 Å². The molecule has 1 aromatic heterocycles. The van der Waals surface area contributed by atoms with Gasteiger partial charge >= 0.3 is 16.3 Å². The van der Waals surface area contributed by atoms with E-state index >= 15 is 0 Å². The highest BCUT2D eigenvalue weighted by atomic mass is 32.2. The number of amides is 1. The van der Waals surface area contributed by atoms with E-state index in [4.69, 9.17) is 4.74 Å². The molecule has 0 bridgehead atoms. The van der Waals surface area contributed by atoms with Gasteiger partial charge in [0.05, 0.1) is 0 Å². The van der Waals surface area contributed by atoms with Gasteiger partial charge in [0.1, 0.15) is 5.60 Å². The van der Waals surface area contributed by atoms with Crippen LogP contribution in [0.1, 0.15) is 33.0 Å². The molecule has 9 heteroatoms. The lowest BCUT2D eigenvalue weighted by atomic mass is 10.1. The van der Waals surface area contributed by atoms with Gasteiger partial charge in [-0.05, 0) is 32.8 Å². The van der Waals surface area contributed by atoms with Gasteiger partial charge in [0, 0.05) is 39.6 Å². The van der Waals surface area contributed by atoms with Crippen molar-refractivity contribution < 1.29 is 17.9 Å². The van der Waals surface area contributed by atoms with E-state index in [0.717, 1.165) is 13.9 Å². The Bertz CT molecular complexity index is 744. The van der Waals surface area contributed by atoms with Gasteiger partial charge in [-0.1, -0.05) is 6.08 Å². The Morgan fingerprint density at radius 1 is 1.33 bits per heavy atom. The average Bonchev–Trinajstić information content (AvgIpc) is 2.95. The normalized spacial score (nSPS) is 16.2. The first-order chi connectivity index (χ1) is 11.0. The Morgan fingerprint density at radius 2 is 2.00 bits per heavy atom. The third-order valence-corrected chi connectivity index (χ3v) is 5.18. The lowest BCUT2D eigenvalue weighted by molar-refractivity contribution is 0.0270. The van der Waals surface area contributed by atoms with E-state index in [9.17, 15) is 13.2 Å². The Hall–Kier alpha value is -1.87. The van der Waals surface area contributed by atoms with E-state index in [-0.39, 0.29) is 6.09 Å². The fourth-order valence-electron chi connectivity index (χ4n) is 2.24. The first-order valence-corrected chi connectivity index (χ1v) is 9.06. The maximum atomic E-state index is 12.3. The highest BCUT2D eigenvalue weighted by Gasteiger charge is 2.27. The molecular formula is C15H24N4O4S. The van der Waals surface area contributed by atoms with Gasteiger partial charge in [-0.2, -0.15) is 12.7 Å². The Kier molecular flexibility index (Phi) is 5.05. The molecule has 1 aromatic rings. The average molecular weight is 356 g/mol. The molecule has 2 heterocycles. The second-order valence-corrected chi connectivity index (χ2v) is 8.76. The first kappa shape index (κ1) is 18.5. The van der Waals surface area contributed by atoms with Crippen LogP contribution in [0.25, 0.3) is 5.57 Å². The minimum Gasteiger partial charge on any atom is -0.444 e. The number of rotatable bonds is 3. The van der Waals surface area contributed by atoms with E-state index in [1.807, 2.05) is 26.8 Å². The van der Waals surface area contributed by atoms with Crippen molar-refractivity contribution in [2.45, 2.75) is 32.8 Å². The van der Waals surface area contributed by atoms with Crippen molar-refractivity contribution in [1.82, 2.24) is 18.2 Å². The molecule has 0 aliphatic carbocycles. The Labute approximate surface area is 142 Å². The number of hydrogen-bond donors (Lipinski definition) is 0. The fourth-order valence-corrected chi connectivity index (χ4v) is 3.19. The summed E-state index contributed by atoms with van der Waals surface area (Å²) in [6.45, 7) is 6.27. The third kappa shape index (κ3) is 3.96. The van der Waals surface area contributed by atoms with Gasteiger partial charge < -0.3 is 9.64 Å². The van der Waals surface area contributed by atoms with E-state index in [2.05, 4.69) is 4.98 Å². The van der Waals surface area contributed by atoms with Gasteiger partial charge in [0.15, 0.2) is 5.82 Å². The van der Waals surface area contributed by atoms with E-state index in [0.29, 0.717) is 25.3 Å². The lowest BCUT2D eigenvalue weighted by Crippen LogP contribution is -2.39. The van der Waals surface area contributed by atoms with Gasteiger partial charge in [-0.25, -0.2) is 13.8 Å². The van der Waals surface area contributed by atoms with Crippen molar-refractivity contribution in [3.63, 3.8) is 0 Å². The number of carbonyl (C=O) groups excluding carboxylic acids is 1. The maximum absolute atomic E-state index is 12.3. The minimum atomic E-state index is -3.63. The molecule has 8 nitrogen and oxygen atoms in total. The van der Waals surface area contributed by atoms with Crippen LogP contribution in [0.15, 0.2) is 18.5 Å². The van der Waals surface area contributed by atoms with Crippen molar-refractivity contribution >= 4 is 21.9 Å². The predicted molar refractivity (Wildman–Crippen MR) is 90.6 cm³/mol. The zero-order valence-electron chi connectivity index (χ0n) is 14.7. The molecule has 0 saturated carbocycles. The summed E-state index contributed by atoms with van der Waals surface area (Å²) >= 11 is 0. The molecule has 0 aromatic carbocycles. The summed E-state index contributed by atoms with van der Waals surface area (Å²) in [5.41, 5.74) is 0.252. The summed E-state index contributed by atoms with van der Waals surface area (Å²) in [4.78, 5) is 17.8. The van der Waals surface area contributed by atoms with Crippen molar-refractivity contribution in [2.24, 2.45) is 0 Å². The summed E-state index contributed by atoms with van der Waals surface area (Å²) < 4.78 is 32.3. The SMILES string of the molecule is CN(C)S(=O)(=O)n1ccnc1C1=CCN(C(=O)OC(C)(C)C)CC1. The quantitative estimate of drug-likeness (QED) is 0.820. The molecule has 24 heavy (non-hydrogen) atoms. The number of carbonyl (C=O) groups is 1. The van der Waals surface area contributed by atoms with Crippen molar-refractivity contribution in [3.8, 4) is 0 Å². The molecule has 0 radical (unpaired) electrons. The van der Waals surface area contributed by atoms with E-state index in [1.165, 1.54) is 26.5 Å². The minimum absolute atomic E-state index is 0.360. The van der Waals surface area contributed by atoms with Gasteiger partial charge in [0.2, 0.25) is 0 Å². The first-order valence-electron chi connectivity index (χ1n) is 7.66. The molecule has 0 fully saturated rings. The van der Waals surface area contributed by atoms with Crippen LogP contribution in [0.4, 0.5) is 4.79 Å². The predicted octanol–water partition coefficient (Wildman–Crippen LogP) is 1.56. The largest absolute Gasteiger partial charge is 0.444 e. The molecule has 1 amide bonds. The zero-order chi connectivity index (χ0) is 18.1. The third-order valence-electron chi connectivity index (χ3n) is 3.47. The summed E-state index contributed by atoms with van der Waals surface area (Å²) in [5.74, 6) is 0.382. The number of imidazole rings is 1. The molecule has 0 saturated heterocycles. The van der Waals surface area contributed by atoms with Crippen molar-refractivity contribution in [1.29, 1.82) is 0 Å². The highest BCUT2D eigenvalue weighted by Crippen LogP contribution is 2.23. The number of ether oxygens (including phenoxy) is 1. The second-order valence-electron chi connectivity index (χ2n) is 6.74. The highest BCUT2D eigenvalue weighted by molar-refractivity contribution is 7.87. The van der Waals surface area contributed by atoms with Gasteiger partial charge in [-0.15, -0.1) is 0 Å². The van der Waals surface area contributed by atoms with Crippen LogP contribution in [0.5, 0.6) is 0 Å². The van der Waals surface area contributed by atoms with Crippen LogP contribution < -0.4 is 0 Å². The molecule has 0 spiro atoms. The molecule has 1 aliphatic heterocycles. The van der Waals surface area contributed by atoms with Crippen molar-refractivity contribution in [2.75, 3.05) is 27.2 Å². The topological polar surface area (TPSA) is 84.7 Å². The second kappa shape index (κ2) is 6.56.